The maximum atomic E-state index is 12.6. The summed E-state index contributed by atoms with van der Waals surface area (Å²) in [6.45, 7) is 3.63. The molecule has 0 spiro atoms. The smallest absolute Gasteiger partial charge is 0.462 e. The Kier molecular flexibility index (Phi) is 39.6. The van der Waals surface area contributed by atoms with Crippen LogP contribution in [-0.4, -0.2) is 49.3 Å². The van der Waals surface area contributed by atoms with Crippen molar-refractivity contribution in [1.82, 2.24) is 0 Å². The van der Waals surface area contributed by atoms with Crippen LogP contribution in [0.5, 0.6) is 0 Å². The molecule has 0 saturated heterocycles. The van der Waals surface area contributed by atoms with E-state index >= 15 is 0 Å². The Morgan fingerprint density at radius 3 is 1.49 bits per heavy atom. The average Bonchev–Trinajstić information content (AvgIpc) is 3.17. The van der Waals surface area contributed by atoms with Crippen LogP contribution in [0, 0.1) is 0 Å². The molecule has 0 bridgehead atoms. The fraction of sp³-hybridized carbons (Fsp3) is 0.733. The van der Waals surface area contributed by atoms with Gasteiger partial charge < -0.3 is 20.1 Å². The van der Waals surface area contributed by atoms with Gasteiger partial charge in [-0.2, -0.15) is 0 Å². The number of nitrogens with two attached hydrogens (primary N) is 1. The van der Waals surface area contributed by atoms with Crippen molar-refractivity contribution in [2.45, 2.75) is 187 Å². The second-order valence-corrected chi connectivity index (χ2v) is 15.7. The number of hydrogen-bond acceptors (Lipinski definition) is 8. The summed E-state index contributed by atoms with van der Waals surface area (Å²) < 4.78 is 32.7. The van der Waals surface area contributed by atoms with E-state index in [1.54, 1.807) is 0 Å². The van der Waals surface area contributed by atoms with Gasteiger partial charge >= 0.3 is 19.8 Å². The molecule has 0 aromatic carbocycles. The summed E-state index contributed by atoms with van der Waals surface area (Å²) in [6.07, 6.45) is 48.2. The van der Waals surface area contributed by atoms with Gasteiger partial charge in [-0.05, 0) is 77.0 Å². The van der Waals surface area contributed by atoms with Gasteiger partial charge in [0.2, 0.25) is 0 Å². The summed E-state index contributed by atoms with van der Waals surface area (Å²) in [7, 11) is -4.39. The first-order valence-corrected chi connectivity index (χ1v) is 23.3. The predicted octanol–water partition coefficient (Wildman–Crippen LogP) is 12.5. The van der Waals surface area contributed by atoms with Gasteiger partial charge in [-0.1, -0.05) is 152 Å². The molecule has 0 radical (unpaired) electrons. The highest BCUT2D eigenvalue weighted by atomic mass is 31.2. The molecule has 55 heavy (non-hydrogen) atoms. The monoisotopic (exact) mass is 794 g/mol. The number of ether oxygens (including phenoxy) is 2. The van der Waals surface area contributed by atoms with Gasteiger partial charge in [0.25, 0.3) is 0 Å². The lowest BCUT2D eigenvalue weighted by Gasteiger charge is -2.19. The Morgan fingerprint density at radius 1 is 0.545 bits per heavy atom. The largest absolute Gasteiger partial charge is 0.472 e. The molecule has 1 unspecified atom stereocenters. The highest BCUT2D eigenvalue weighted by Gasteiger charge is 2.26. The van der Waals surface area contributed by atoms with Gasteiger partial charge in [0, 0.05) is 19.4 Å². The van der Waals surface area contributed by atoms with Crippen molar-refractivity contribution in [3.8, 4) is 0 Å². The number of phosphoric ester groups is 1. The third-order valence-electron chi connectivity index (χ3n) is 8.88. The first kappa shape index (κ1) is 52.7. The zero-order valence-electron chi connectivity index (χ0n) is 34.9. The van der Waals surface area contributed by atoms with Crippen molar-refractivity contribution >= 4 is 19.8 Å². The average molecular weight is 794 g/mol. The molecular weight excluding hydrogens is 713 g/mol. The lowest BCUT2D eigenvalue weighted by molar-refractivity contribution is -0.161. The Morgan fingerprint density at radius 2 is 0.964 bits per heavy atom. The van der Waals surface area contributed by atoms with Crippen molar-refractivity contribution in [2.75, 3.05) is 26.4 Å². The van der Waals surface area contributed by atoms with Crippen molar-refractivity contribution < 1.29 is 37.6 Å². The molecule has 318 valence electrons. The van der Waals surface area contributed by atoms with Crippen molar-refractivity contribution in [3.63, 3.8) is 0 Å². The summed E-state index contributed by atoms with van der Waals surface area (Å²) in [5.74, 6) is -0.870. The van der Waals surface area contributed by atoms with Gasteiger partial charge in [0.05, 0.1) is 13.2 Å². The van der Waals surface area contributed by atoms with E-state index in [1.807, 2.05) is 0 Å². The predicted molar refractivity (Wildman–Crippen MR) is 229 cm³/mol. The molecular formula is C45H80NO8P. The topological polar surface area (TPSA) is 134 Å². The second-order valence-electron chi connectivity index (χ2n) is 14.2. The summed E-state index contributed by atoms with van der Waals surface area (Å²) in [5, 5.41) is 0. The molecule has 0 aromatic heterocycles. The Labute approximate surface area is 336 Å². The molecule has 0 fully saturated rings. The molecule has 0 aromatic rings. The zero-order valence-corrected chi connectivity index (χ0v) is 35.8. The van der Waals surface area contributed by atoms with E-state index in [0.29, 0.717) is 12.8 Å². The summed E-state index contributed by atoms with van der Waals surface area (Å²) in [4.78, 5) is 34.9. The summed E-state index contributed by atoms with van der Waals surface area (Å²) in [6, 6.07) is 0. The highest BCUT2D eigenvalue weighted by molar-refractivity contribution is 7.47. The number of carbonyl (C=O) groups is 2. The summed E-state index contributed by atoms with van der Waals surface area (Å²) >= 11 is 0. The number of allylic oxidation sites excluding steroid dienone is 10. The van der Waals surface area contributed by atoms with Crippen LogP contribution in [0.25, 0.3) is 0 Å². The second kappa shape index (κ2) is 41.3. The number of rotatable bonds is 40. The molecule has 10 heteroatoms. The lowest BCUT2D eigenvalue weighted by Crippen LogP contribution is -2.29. The van der Waals surface area contributed by atoms with Crippen LogP contribution in [0.4, 0.5) is 0 Å². The van der Waals surface area contributed by atoms with E-state index in [2.05, 4.69) is 74.6 Å². The van der Waals surface area contributed by atoms with Crippen LogP contribution in [0.1, 0.15) is 181 Å². The minimum atomic E-state index is -4.39. The maximum Gasteiger partial charge on any atom is 0.472 e. The van der Waals surface area contributed by atoms with E-state index in [1.165, 1.54) is 83.5 Å². The normalized spacial score (nSPS) is 13.9. The third kappa shape index (κ3) is 41.2. The molecule has 2 atom stereocenters. The SMILES string of the molecule is CCCC/C=C/CCCCCCCCCCCC(=O)O[C@H](COC(=O)CCCCC/C=C/C/C=C/C/C=C/C/C=C/CCCCC)COP(=O)(O)OCCN. The molecule has 0 aliphatic rings. The number of hydrogen-bond donors (Lipinski definition) is 2. The standard InChI is InChI=1S/C45H80NO8P/c1-3-5-7-9-11-13-15-17-19-20-21-22-24-25-27-29-31-33-35-37-44(47)51-41-43(42-53-55(49,50)52-40-39-46)54-45(48)38-36-34-32-30-28-26-23-18-16-14-12-10-8-6-4-2/h10-13,17,19,21-22,25,27,43H,3-9,14-16,18,20,23-24,26,28-42,46H2,1-2H3,(H,49,50)/b12-10+,13-11+,19-17+,22-21+,27-25+/t43-/m1/s1. The van der Waals surface area contributed by atoms with Crippen LogP contribution in [0.3, 0.4) is 0 Å². The van der Waals surface area contributed by atoms with E-state index in [0.717, 1.165) is 57.8 Å². The van der Waals surface area contributed by atoms with Crippen molar-refractivity contribution in [3.05, 3.63) is 60.8 Å². The number of phosphoric acid groups is 1. The fourth-order valence-electron chi connectivity index (χ4n) is 5.60. The molecule has 0 amide bonds. The molecule has 0 heterocycles. The zero-order chi connectivity index (χ0) is 40.3. The van der Waals surface area contributed by atoms with Crippen LogP contribution >= 0.6 is 7.82 Å². The Bertz CT molecular complexity index is 1090. The van der Waals surface area contributed by atoms with Crippen LogP contribution in [0.15, 0.2) is 60.8 Å². The van der Waals surface area contributed by atoms with E-state index in [9.17, 15) is 19.0 Å². The third-order valence-corrected chi connectivity index (χ3v) is 9.86. The Balaban J connectivity index is 4.22. The van der Waals surface area contributed by atoms with Crippen LogP contribution < -0.4 is 5.73 Å². The fourth-order valence-corrected chi connectivity index (χ4v) is 6.36. The van der Waals surface area contributed by atoms with Gasteiger partial charge in [-0.25, -0.2) is 4.57 Å². The molecule has 0 rings (SSSR count). The van der Waals surface area contributed by atoms with Crippen molar-refractivity contribution in [2.24, 2.45) is 5.73 Å². The number of carbonyl (C=O) groups excluding carboxylic acids is 2. The molecule has 0 saturated carbocycles. The summed E-state index contributed by atoms with van der Waals surface area (Å²) in [5.41, 5.74) is 5.34. The molecule has 0 aliphatic carbocycles. The number of unbranched alkanes of at least 4 members (excludes halogenated alkanes) is 17. The van der Waals surface area contributed by atoms with Gasteiger partial charge in [0.15, 0.2) is 6.10 Å². The van der Waals surface area contributed by atoms with E-state index in [-0.39, 0.29) is 32.6 Å². The van der Waals surface area contributed by atoms with Gasteiger partial charge in [-0.15, -0.1) is 0 Å². The van der Waals surface area contributed by atoms with Crippen molar-refractivity contribution in [1.29, 1.82) is 0 Å². The van der Waals surface area contributed by atoms with Crippen LogP contribution in [-0.2, 0) is 32.7 Å². The number of esters is 2. The van der Waals surface area contributed by atoms with E-state index in [4.69, 9.17) is 24.3 Å². The van der Waals surface area contributed by atoms with Gasteiger partial charge in [-0.3, -0.25) is 18.6 Å². The lowest BCUT2D eigenvalue weighted by atomic mass is 10.1. The maximum absolute atomic E-state index is 12.6. The van der Waals surface area contributed by atoms with Gasteiger partial charge in [0.1, 0.15) is 6.61 Å². The molecule has 9 nitrogen and oxygen atoms in total. The first-order chi connectivity index (χ1) is 26.8. The highest BCUT2D eigenvalue weighted by Crippen LogP contribution is 2.43. The molecule has 0 aliphatic heterocycles. The Hall–Kier alpha value is -2.29. The van der Waals surface area contributed by atoms with E-state index < -0.39 is 32.5 Å². The molecule has 3 N–H and O–H groups in total. The minimum absolute atomic E-state index is 0.0462. The first-order valence-electron chi connectivity index (χ1n) is 21.8. The quantitative estimate of drug-likeness (QED) is 0.0269. The minimum Gasteiger partial charge on any atom is -0.462 e. The van der Waals surface area contributed by atoms with Crippen LogP contribution in [0.2, 0.25) is 0 Å².